The van der Waals surface area contributed by atoms with E-state index in [-0.39, 0.29) is 0 Å². The molecule has 1 rings (SSSR count). The number of aryl methyl sites for hydroxylation is 2. The smallest absolute Gasteiger partial charge is 0.0668 e. The van der Waals surface area contributed by atoms with Crippen molar-refractivity contribution in [3.63, 3.8) is 0 Å². The molecule has 0 aliphatic carbocycles. The highest BCUT2D eigenvalue weighted by molar-refractivity contribution is 5.54. The molecule has 1 unspecified atom stereocenters. The van der Waals surface area contributed by atoms with Crippen molar-refractivity contribution in [2.75, 3.05) is 6.54 Å². The lowest BCUT2D eigenvalue weighted by Crippen LogP contribution is -2.24. The summed E-state index contributed by atoms with van der Waals surface area (Å²) >= 11 is 0. The quantitative estimate of drug-likeness (QED) is 0.827. The van der Waals surface area contributed by atoms with Gasteiger partial charge in [0.15, 0.2) is 0 Å². The van der Waals surface area contributed by atoms with Gasteiger partial charge >= 0.3 is 0 Å². The molecule has 16 heavy (non-hydrogen) atoms. The molecule has 3 nitrogen and oxygen atoms in total. The third kappa shape index (κ3) is 3.20. The number of rotatable bonds is 5. The molecule has 0 aromatic carbocycles. The lowest BCUT2D eigenvalue weighted by atomic mass is 10.1. The van der Waals surface area contributed by atoms with E-state index < -0.39 is 0 Å². The van der Waals surface area contributed by atoms with Crippen LogP contribution in [0.4, 0.5) is 0 Å². The van der Waals surface area contributed by atoms with Crippen LogP contribution in [-0.4, -0.2) is 22.4 Å². The van der Waals surface area contributed by atoms with E-state index in [0.717, 1.165) is 12.2 Å². The summed E-state index contributed by atoms with van der Waals surface area (Å²) in [7, 11) is 1.98. The molecule has 0 saturated carbocycles. The average Bonchev–Trinajstić information content (AvgIpc) is 2.48. The van der Waals surface area contributed by atoms with E-state index in [9.17, 15) is 0 Å². The van der Waals surface area contributed by atoms with Crippen LogP contribution in [0.3, 0.4) is 0 Å². The molecular weight excluding hydrogens is 198 g/mol. The molecule has 1 heterocycles. The number of hydrogen-bond donors (Lipinski definition) is 1. The van der Waals surface area contributed by atoms with Crippen LogP contribution in [0, 0.1) is 13.8 Å². The number of nitrogens with zero attached hydrogens (tertiary/aromatic N) is 2. The Morgan fingerprint density at radius 2 is 2.12 bits per heavy atom. The van der Waals surface area contributed by atoms with Gasteiger partial charge in [0.2, 0.25) is 0 Å². The van der Waals surface area contributed by atoms with Crippen LogP contribution in [0.1, 0.15) is 37.2 Å². The standard InChI is InChI=1S/C13H23N3/c1-6-9-14-10(2)7-8-13-11(3)15-16(5)12(13)4/h7-8,10,14H,6,9H2,1-5H3/b8-7+. The molecule has 1 aromatic rings. The zero-order valence-electron chi connectivity index (χ0n) is 11.0. The largest absolute Gasteiger partial charge is 0.311 e. The van der Waals surface area contributed by atoms with Crippen molar-refractivity contribution in [3.8, 4) is 0 Å². The monoisotopic (exact) mass is 221 g/mol. The minimum atomic E-state index is 0.416. The Morgan fingerprint density at radius 3 is 2.62 bits per heavy atom. The van der Waals surface area contributed by atoms with Crippen molar-refractivity contribution in [2.24, 2.45) is 7.05 Å². The highest BCUT2D eigenvalue weighted by Crippen LogP contribution is 2.13. The maximum atomic E-state index is 4.40. The maximum Gasteiger partial charge on any atom is 0.0668 e. The molecule has 0 spiro atoms. The van der Waals surface area contributed by atoms with Crippen molar-refractivity contribution in [1.29, 1.82) is 0 Å². The van der Waals surface area contributed by atoms with Crippen molar-refractivity contribution < 1.29 is 0 Å². The van der Waals surface area contributed by atoms with E-state index in [0.29, 0.717) is 6.04 Å². The molecule has 0 saturated heterocycles. The Kier molecular flexibility index (Phi) is 4.74. The van der Waals surface area contributed by atoms with Gasteiger partial charge in [-0.15, -0.1) is 0 Å². The minimum Gasteiger partial charge on any atom is -0.311 e. The summed E-state index contributed by atoms with van der Waals surface area (Å²) in [5.41, 5.74) is 3.56. The topological polar surface area (TPSA) is 29.9 Å². The minimum absolute atomic E-state index is 0.416. The zero-order chi connectivity index (χ0) is 12.1. The van der Waals surface area contributed by atoms with Gasteiger partial charge in [0.1, 0.15) is 0 Å². The van der Waals surface area contributed by atoms with E-state index in [4.69, 9.17) is 0 Å². The Labute approximate surface area is 98.5 Å². The van der Waals surface area contributed by atoms with Crippen LogP contribution in [0.15, 0.2) is 6.08 Å². The molecule has 0 amide bonds. The highest BCUT2D eigenvalue weighted by Gasteiger charge is 2.05. The van der Waals surface area contributed by atoms with Crippen molar-refractivity contribution >= 4 is 6.08 Å². The second-order valence-corrected chi connectivity index (χ2v) is 4.31. The molecule has 1 N–H and O–H groups in total. The molecule has 0 aliphatic heterocycles. The highest BCUT2D eigenvalue weighted by atomic mass is 15.3. The van der Waals surface area contributed by atoms with Crippen molar-refractivity contribution in [1.82, 2.24) is 15.1 Å². The SMILES string of the molecule is CCCNC(C)/C=C/c1c(C)nn(C)c1C. The zero-order valence-corrected chi connectivity index (χ0v) is 11.0. The van der Waals surface area contributed by atoms with Crippen LogP contribution in [-0.2, 0) is 7.05 Å². The fourth-order valence-corrected chi connectivity index (χ4v) is 1.71. The molecule has 90 valence electrons. The van der Waals surface area contributed by atoms with Crippen molar-refractivity contribution in [3.05, 3.63) is 23.0 Å². The lowest BCUT2D eigenvalue weighted by molar-refractivity contribution is 0.625. The van der Waals surface area contributed by atoms with Gasteiger partial charge in [-0.2, -0.15) is 5.10 Å². The van der Waals surface area contributed by atoms with Gasteiger partial charge < -0.3 is 5.32 Å². The van der Waals surface area contributed by atoms with Crippen LogP contribution < -0.4 is 5.32 Å². The van der Waals surface area contributed by atoms with Gasteiger partial charge in [-0.05, 0) is 33.7 Å². The normalized spacial score (nSPS) is 13.6. The van der Waals surface area contributed by atoms with Crippen molar-refractivity contribution in [2.45, 2.75) is 40.2 Å². The first kappa shape index (κ1) is 13.0. The summed E-state index contributed by atoms with van der Waals surface area (Å²) in [6.45, 7) is 9.57. The molecule has 0 aliphatic rings. The Hall–Kier alpha value is -1.09. The van der Waals surface area contributed by atoms with E-state index >= 15 is 0 Å². The predicted molar refractivity (Wildman–Crippen MR) is 69.5 cm³/mol. The Bertz CT molecular complexity index is 363. The lowest BCUT2D eigenvalue weighted by Gasteiger charge is -2.07. The van der Waals surface area contributed by atoms with E-state index in [1.807, 2.05) is 11.7 Å². The van der Waals surface area contributed by atoms with E-state index in [2.05, 4.69) is 50.3 Å². The summed E-state index contributed by atoms with van der Waals surface area (Å²) in [6, 6.07) is 0.416. The second kappa shape index (κ2) is 5.85. The van der Waals surface area contributed by atoms with E-state index in [1.165, 1.54) is 17.7 Å². The first-order valence-electron chi connectivity index (χ1n) is 5.98. The Morgan fingerprint density at radius 1 is 1.44 bits per heavy atom. The first-order chi connectivity index (χ1) is 7.56. The van der Waals surface area contributed by atoms with Crippen LogP contribution in [0.2, 0.25) is 0 Å². The second-order valence-electron chi connectivity index (χ2n) is 4.31. The number of aromatic nitrogens is 2. The molecular formula is C13H23N3. The molecule has 0 bridgehead atoms. The number of nitrogens with one attached hydrogen (secondary N) is 1. The molecule has 1 atom stereocenters. The Balaban J connectivity index is 2.68. The maximum absolute atomic E-state index is 4.40. The molecule has 0 radical (unpaired) electrons. The summed E-state index contributed by atoms with van der Waals surface area (Å²) in [4.78, 5) is 0. The van der Waals surface area contributed by atoms with Gasteiger partial charge in [-0.3, -0.25) is 4.68 Å². The fourth-order valence-electron chi connectivity index (χ4n) is 1.71. The van der Waals surface area contributed by atoms with E-state index in [1.54, 1.807) is 0 Å². The van der Waals surface area contributed by atoms with Gasteiger partial charge in [-0.25, -0.2) is 0 Å². The van der Waals surface area contributed by atoms with Crippen LogP contribution >= 0.6 is 0 Å². The van der Waals surface area contributed by atoms with Gasteiger partial charge in [-0.1, -0.05) is 19.1 Å². The first-order valence-corrected chi connectivity index (χ1v) is 5.98. The summed E-state index contributed by atoms with van der Waals surface area (Å²) in [5.74, 6) is 0. The third-order valence-corrected chi connectivity index (χ3v) is 2.83. The summed E-state index contributed by atoms with van der Waals surface area (Å²) in [5, 5.41) is 7.83. The van der Waals surface area contributed by atoms with Gasteiger partial charge in [0, 0.05) is 24.3 Å². The molecule has 1 aromatic heterocycles. The fraction of sp³-hybridized carbons (Fsp3) is 0.615. The molecule has 0 fully saturated rings. The van der Waals surface area contributed by atoms with Crippen LogP contribution in [0.25, 0.3) is 6.08 Å². The molecule has 3 heteroatoms. The third-order valence-electron chi connectivity index (χ3n) is 2.83. The van der Waals surface area contributed by atoms with Gasteiger partial charge in [0.05, 0.1) is 5.69 Å². The van der Waals surface area contributed by atoms with Gasteiger partial charge in [0.25, 0.3) is 0 Å². The summed E-state index contributed by atoms with van der Waals surface area (Å²) < 4.78 is 1.93. The van der Waals surface area contributed by atoms with Crippen LogP contribution in [0.5, 0.6) is 0 Å². The summed E-state index contributed by atoms with van der Waals surface area (Å²) in [6.07, 6.45) is 5.54. The average molecular weight is 221 g/mol. The predicted octanol–water partition coefficient (Wildman–Crippen LogP) is 2.44. The number of hydrogen-bond acceptors (Lipinski definition) is 2.